The van der Waals surface area contributed by atoms with Gasteiger partial charge in [-0.1, -0.05) is 30.3 Å². The minimum Gasteiger partial charge on any atom is -0.444 e. The van der Waals surface area contributed by atoms with Gasteiger partial charge in [-0.3, -0.25) is 4.90 Å². The number of nitrogens with zero attached hydrogens (tertiary/aromatic N) is 1. The first-order valence-corrected chi connectivity index (χ1v) is 8.57. The van der Waals surface area contributed by atoms with Crippen molar-refractivity contribution in [2.24, 2.45) is 11.8 Å². The first-order valence-electron chi connectivity index (χ1n) is 8.57. The van der Waals surface area contributed by atoms with Crippen LogP contribution in [0.5, 0.6) is 0 Å². The molecule has 0 bridgehead atoms. The molecule has 4 unspecified atom stereocenters. The van der Waals surface area contributed by atoms with Crippen molar-refractivity contribution in [1.82, 2.24) is 4.90 Å². The van der Waals surface area contributed by atoms with Crippen LogP contribution in [0.3, 0.4) is 0 Å². The van der Waals surface area contributed by atoms with Crippen molar-refractivity contribution >= 4 is 6.09 Å². The maximum atomic E-state index is 12.7. The molecule has 23 heavy (non-hydrogen) atoms. The van der Waals surface area contributed by atoms with Gasteiger partial charge in [0.2, 0.25) is 0 Å². The lowest BCUT2D eigenvalue weighted by molar-refractivity contribution is -0.127. The smallest absolute Gasteiger partial charge is 0.414 e. The molecule has 0 radical (unpaired) electrons. The molecule has 0 saturated carbocycles. The van der Waals surface area contributed by atoms with Crippen molar-refractivity contribution < 1.29 is 19.0 Å². The Balaban J connectivity index is 1.48. The molecule has 1 aromatic rings. The number of hydrogen-bond donors (Lipinski definition) is 0. The monoisotopic (exact) mass is 317 g/mol. The summed E-state index contributed by atoms with van der Waals surface area (Å²) in [6, 6.07) is 9.75. The minimum absolute atomic E-state index is 0.180. The van der Waals surface area contributed by atoms with E-state index in [1.165, 1.54) is 0 Å². The lowest BCUT2D eigenvalue weighted by Gasteiger charge is -2.32. The first-order chi connectivity index (χ1) is 11.3. The molecule has 0 spiro atoms. The number of hydrogen-bond acceptors (Lipinski definition) is 4. The molecule has 0 aromatic heterocycles. The predicted molar refractivity (Wildman–Crippen MR) is 83.4 cm³/mol. The maximum absolute atomic E-state index is 12.7. The minimum atomic E-state index is -0.319. The number of fused-ring (bicyclic) bond motifs is 3. The summed E-state index contributed by atoms with van der Waals surface area (Å²) in [4.78, 5) is 14.4. The highest BCUT2D eigenvalue weighted by Crippen LogP contribution is 2.45. The van der Waals surface area contributed by atoms with Crippen LogP contribution >= 0.6 is 0 Å². The number of amides is 1. The fourth-order valence-corrected chi connectivity index (χ4v) is 4.15. The Bertz CT molecular complexity index is 527. The Morgan fingerprint density at radius 2 is 1.65 bits per heavy atom. The summed E-state index contributed by atoms with van der Waals surface area (Å²) < 4.78 is 17.4. The molecule has 1 amide bonds. The lowest BCUT2D eigenvalue weighted by Crippen LogP contribution is -2.47. The van der Waals surface area contributed by atoms with Crippen LogP contribution in [0.15, 0.2) is 30.3 Å². The highest BCUT2D eigenvalue weighted by atomic mass is 16.6. The molecular weight excluding hydrogens is 294 g/mol. The number of ether oxygens (including phenoxy) is 3. The number of likely N-dealkylation sites (tertiary alicyclic amines) is 1. The van der Waals surface area contributed by atoms with Gasteiger partial charge in [0.25, 0.3) is 0 Å². The highest BCUT2D eigenvalue weighted by Gasteiger charge is 2.54. The first kappa shape index (κ1) is 15.0. The molecule has 0 N–H and O–H groups in total. The summed E-state index contributed by atoms with van der Waals surface area (Å²) in [6.45, 7) is 1.71. The van der Waals surface area contributed by atoms with Crippen molar-refractivity contribution in [3.63, 3.8) is 0 Å². The molecule has 3 saturated heterocycles. The quantitative estimate of drug-likeness (QED) is 0.841. The van der Waals surface area contributed by atoms with E-state index in [1.54, 1.807) is 4.90 Å². The van der Waals surface area contributed by atoms with E-state index in [2.05, 4.69) is 0 Å². The Labute approximate surface area is 136 Å². The Hall–Kier alpha value is -1.59. The predicted octanol–water partition coefficient (Wildman–Crippen LogP) is 3.14. The van der Waals surface area contributed by atoms with E-state index < -0.39 is 0 Å². The van der Waals surface area contributed by atoms with Crippen molar-refractivity contribution in [2.75, 3.05) is 13.2 Å². The fraction of sp³-hybridized carbons (Fsp3) is 0.611. The fourth-order valence-electron chi connectivity index (χ4n) is 4.15. The summed E-state index contributed by atoms with van der Waals surface area (Å²) in [5.41, 5.74) is 0.988. The van der Waals surface area contributed by atoms with Crippen LogP contribution in [0.25, 0.3) is 0 Å². The molecule has 124 valence electrons. The van der Waals surface area contributed by atoms with Gasteiger partial charge >= 0.3 is 6.09 Å². The van der Waals surface area contributed by atoms with Gasteiger partial charge in [-0.25, -0.2) is 4.79 Å². The molecule has 0 aliphatic carbocycles. The second kappa shape index (κ2) is 6.49. The van der Waals surface area contributed by atoms with Crippen molar-refractivity contribution in [3.05, 3.63) is 35.9 Å². The average molecular weight is 317 g/mol. The standard InChI is InChI=1S/C18H23NO4/c20-18(23-12-13-6-2-1-3-7-13)19-16-14(8-4-10-21-16)15-9-5-11-22-17(15)19/h1-3,6-7,14-17H,4-5,8-12H2. The topological polar surface area (TPSA) is 48.0 Å². The molecule has 3 fully saturated rings. The number of carbonyl (C=O) groups excluding carboxylic acids is 1. The van der Waals surface area contributed by atoms with E-state index in [0.29, 0.717) is 25.0 Å². The molecule has 5 heteroatoms. The third kappa shape index (κ3) is 2.83. The van der Waals surface area contributed by atoms with Crippen molar-refractivity contribution in [1.29, 1.82) is 0 Å². The molecule has 3 aliphatic rings. The van der Waals surface area contributed by atoms with Crippen LogP contribution in [0.4, 0.5) is 4.79 Å². The van der Waals surface area contributed by atoms with E-state index in [0.717, 1.165) is 31.2 Å². The van der Waals surface area contributed by atoms with E-state index >= 15 is 0 Å². The third-order valence-corrected chi connectivity index (χ3v) is 5.19. The van der Waals surface area contributed by atoms with E-state index in [1.807, 2.05) is 30.3 Å². The largest absolute Gasteiger partial charge is 0.444 e. The molecule has 5 nitrogen and oxygen atoms in total. The lowest BCUT2D eigenvalue weighted by atomic mass is 9.84. The third-order valence-electron chi connectivity index (χ3n) is 5.19. The summed E-state index contributed by atoms with van der Waals surface area (Å²) >= 11 is 0. The van der Waals surface area contributed by atoms with Gasteiger partial charge < -0.3 is 14.2 Å². The van der Waals surface area contributed by atoms with Gasteiger partial charge in [-0.05, 0) is 31.2 Å². The van der Waals surface area contributed by atoms with Crippen LogP contribution < -0.4 is 0 Å². The van der Waals surface area contributed by atoms with Gasteiger partial charge in [-0.2, -0.15) is 0 Å². The highest BCUT2D eigenvalue weighted by molar-refractivity contribution is 5.68. The normalized spacial score (nSPS) is 33.0. The molecule has 4 atom stereocenters. The second-order valence-corrected chi connectivity index (χ2v) is 6.58. The maximum Gasteiger partial charge on any atom is 0.414 e. The Kier molecular flexibility index (Phi) is 4.23. The molecule has 3 heterocycles. The SMILES string of the molecule is O=C(OCc1ccccc1)N1C2OCCCC2C2CCCOC21. The summed E-state index contributed by atoms with van der Waals surface area (Å²) in [6.07, 6.45) is 3.67. The summed E-state index contributed by atoms with van der Waals surface area (Å²) in [7, 11) is 0. The number of carbonyl (C=O) groups is 1. The molecular formula is C18H23NO4. The zero-order valence-electron chi connectivity index (χ0n) is 13.2. The van der Waals surface area contributed by atoms with Crippen LogP contribution in [0.2, 0.25) is 0 Å². The van der Waals surface area contributed by atoms with Gasteiger partial charge in [-0.15, -0.1) is 0 Å². The van der Waals surface area contributed by atoms with E-state index in [-0.39, 0.29) is 25.2 Å². The summed E-state index contributed by atoms with van der Waals surface area (Å²) in [5, 5.41) is 0. The average Bonchev–Trinajstić information content (AvgIpc) is 2.95. The van der Waals surface area contributed by atoms with Gasteiger partial charge in [0, 0.05) is 25.0 Å². The number of benzene rings is 1. The van der Waals surface area contributed by atoms with E-state index in [4.69, 9.17) is 14.2 Å². The number of rotatable bonds is 2. The zero-order chi connectivity index (χ0) is 15.6. The van der Waals surface area contributed by atoms with Crippen LogP contribution in [-0.4, -0.2) is 36.7 Å². The Morgan fingerprint density at radius 1 is 1.04 bits per heavy atom. The second-order valence-electron chi connectivity index (χ2n) is 6.58. The van der Waals surface area contributed by atoms with Crippen LogP contribution in [0.1, 0.15) is 31.2 Å². The summed E-state index contributed by atoms with van der Waals surface area (Å²) in [5.74, 6) is 0.775. The van der Waals surface area contributed by atoms with Gasteiger partial charge in [0.05, 0.1) is 0 Å². The van der Waals surface area contributed by atoms with E-state index in [9.17, 15) is 4.79 Å². The molecule has 1 aromatic carbocycles. The molecule has 3 aliphatic heterocycles. The van der Waals surface area contributed by atoms with Crippen molar-refractivity contribution in [2.45, 2.75) is 44.7 Å². The van der Waals surface area contributed by atoms with Crippen molar-refractivity contribution in [3.8, 4) is 0 Å². The molecule has 4 rings (SSSR count). The van der Waals surface area contributed by atoms with Gasteiger partial charge in [0.15, 0.2) is 0 Å². The van der Waals surface area contributed by atoms with Crippen LogP contribution in [0, 0.1) is 11.8 Å². The van der Waals surface area contributed by atoms with Gasteiger partial charge in [0.1, 0.15) is 19.1 Å². The Morgan fingerprint density at radius 3 is 2.26 bits per heavy atom. The van der Waals surface area contributed by atoms with Crippen LogP contribution in [-0.2, 0) is 20.8 Å². The zero-order valence-corrected chi connectivity index (χ0v) is 13.2.